The van der Waals surface area contributed by atoms with Gasteiger partial charge in [0, 0.05) is 0 Å². The highest BCUT2D eigenvalue weighted by Gasteiger charge is 2.28. The molecule has 0 bridgehead atoms. The standard InChI is InChI=1S/C7H10N4O4/c1-7(2,5(13)14)9-3-4(12)8-6(15)11-10-3/h1-2H3,(H,9,10)(H,13,14)(H2,8,11,12,15). The van der Waals surface area contributed by atoms with Gasteiger partial charge in [-0.15, -0.1) is 5.10 Å². The van der Waals surface area contributed by atoms with Gasteiger partial charge in [-0.05, 0) is 13.8 Å². The second-order valence-electron chi connectivity index (χ2n) is 3.41. The average molecular weight is 214 g/mol. The number of aliphatic carboxylic acids is 1. The lowest BCUT2D eigenvalue weighted by atomic mass is 10.1. The molecule has 0 aliphatic heterocycles. The van der Waals surface area contributed by atoms with E-state index in [1.165, 1.54) is 13.8 Å². The molecule has 0 radical (unpaired) electrons. The fourth-order valence-corrected chi connectivity index (χ4v) is 0.782. The van der Waals surface area contributed by atoms with Crippen molar-refractivity contribution in [3.63, 3.8) is 0 Å². The Kier molecular flexibility index (Phi) is 2.60. The molecule has 0 fully saturated rings. The van der Waals surface area contributed by atoms with Crippen LogP contribution in [0.25, 0.3) is 0 Å². The molecule has 0 atom stereocenters. The number of H-pyrrole nitrogens is 2. The van der Waals surface area contributed by atoms with Crippen molar-refractivity contribution in [1.82, 2.24) is 15.2 Å². The maximum absolute atomic E-state index is 11.1. The first-order chi connectivity index (χ1) is 6.83. The number of carboxylic acids is 1. The number of aromatic amines is 2. The van der Waals surface area contributed by atoms with Crippen LogP contribution in [-0.4, -0.2) is 31.8 Å². The maximum atomic E-state index is 11.1. The summed E-state index contributed by atoms with van der Waals surface area (Å²) >= 11 is 0. The molecule has 1 aromatic rings. The van der Waals surface area contributed by atoms with Gasteiger partial charge in [-0.3, -0.25) is 9.78 Å². The highest BCUT2D eigenvalue weighted by atomic mass is 16.4. The summed E-state index contributed by atoms with van der Waals surface area (Å²) in [5.41, 5.74) is -2.87. The molecular formula is C7H10N4O4. The Morgan fingerprint density at radius 2 is 2.07 bits per heavy atom. The Hall–Kier alpha value is -2.12. The molecule has 0 spiro atoms. The molecule has 4 N–H and O–H groups in total. The van der Waals surface area contributed by atoms with Crippen LogP contribution in [0.5, 0.6) is 0 Å². The summed E-state index contributed by atoms with van der Waals surface area (Å²) in [4.78, 5) is 34.4. The second kappa shape index (κ2) is 3.56. The van der Waals surface area contributed by atoms with Crippen LogP contribution in [0.4, 0.5) is 5.82 Å². The molecule has 0 aliphatic rings. The summed E-state index contributed by atoms with van der Waals surface area (Å²) in [6.07, 6.45) is 0. The zero-order valence-corrected chi connectivity index (χ0v) is 8.12. The Morgan fingerprint density at radius 1 is 1.47 bits per heavy atom. The zero-order chi connectivity index (χ0) is 11.6. The summed E-state index contributed by atoms with van der Waals surface area (Å²) < 4.78 is 0. The van der Waals surface area contributed by atoms with E-state index in [0.29, 0.717) is 0 Å². The highest BCUT2D eigenvalue weighted by Crippen LogP contribution is 2.07. The molecular weight excluding hydrogens is 204 g/mol. The lowest BCUT2D eigenvalue weighted by molar-refractivity contribution is -0.141. The minimum absolute atomic E-state index is 0.248. The van der Waals surface area contributed by atoms with Gasteiger partial charge >= 0.3 is 11.7 Å². The number of nitrogens with zero attached hydrogens (tertiary/aromatic N) is 1. The summed E-state index contributed by atoms with van der Waals surface area (Å²) in [7, 11) is 0. The SMILES string of the molecule is CC(C)(Nc1n[nH]c(=O)[nH]c1=O)C(=O)O. The Bertz CT molecular complexity index is 486. The molecule has 15 heavy (non-hydrogen) atoms. The molecule has 0 aliphatic carbocycles. The Morgan fingerprint density at radius 3 is 2.53 bits per heavy atom. The maximum Gasteiger partial charge on any atom is 0.342 e. The first-order valence-electron chi connectivity index (χ1n) is 4.03. The van der Waals surface area contributed by atoms with Gasteiger partial charge in [0.15, 0.2) is 0 Å². The number of carbonyl (C=O) groups is 1. The van der Waals surface area contributed by atoms with E-state index >= 15 is 0 Å². The molecule has 0 saturated carbocycles. The molecule has 8 heteroatoms. The van der Waals surface area contributed by atoms with Gasteiger partial charge in [-0.25, -0.2) is 14.7 Å². The predicted molar refractivity (Wildman–Crippen MR) is 50.8 cm³/mol. The summed E-state index contributed by atoms with van der Waals surface area (Å²) in [6.45, 7) is 2.73. The minimum Gasteiger partial charge on any atom is -0.480 e. The predicted octanol–water partition coefficient (Wildman–Crippen LogP) is -1.27. The molecule has 82 valence electrons. The van der Waals surface area contributed by atoms with Crippen molar-refractivity contribution < 1.29 is 9.90 Å². The van der Waals surface area contributed by atoms with Crippen molar-refractivity contribution in [2.45, 2.75) is 19.4 Å². The third kappa shape index (κ3) is 2.42. The van der Waals surface area contributed by atoms with Gasteiger partial charge in [0.25, 0.3) is 5.56 Å². The number of nitrogens with one attached hydrogen (secondary N) is 3. The van der Waals surface area contributed by atoms with E-state index < -0.39 is 22.8 Å². The molecule has 1 aromatic heterocycles. The molecule has 0 unspecified atom stereocenters. The highest BCUT2D eigenvalue weighted by molar-refractivity contribution is 5.81. The van der Waals surface area contributed by atoms with Gasteiger partial charge in [0.2, 0.25) is 5.82 Å². The third-order valence-electron chi connectivity index (χ3n) is 1.68. The number of anilines is 1. The van der Waals surface area contributed by atoms with Crippen LogP contribution < -0.4 is 16.6 Å². The van der Waals surface area contributed by atoms with Crippen LogP contribution in [0.15, 0.2) is 9.59 Å². The summed E-state index contributed by atoms with van der Waals surface area (Å²) in [5, 5.41) is 16.5. The smallest absolute Gasteiger partial charge is 0.342 e. The van der Waals surface area contributed by atoms with E-state index in [1.807, 2.05) is 10.1 Å². The lowest BCUT2D eigenvalue weighted by Gasteiger charge is -2.20. The van der Waals surface area contributed by atoms with E-state index in [0.717, 1.165) is 0 Å². The van der Waals surface area contributed by atoms with E-state index in [9.17, 15) is 14.4 Å². The Labute approximate surface area is 83.3 Å². The Balaban J connectivity index is 3.06. The van der Waals surface area contributed by atoms with Crippen LogP contribution in [-0.2, 0) is 4.79 Å². The summed E-state index contributed by atoms with van der Waals surface area (Å²) in [5.74, 6) is -1.39. The van der Waals surface area contributed by atoms with Crippen molar-refractivity contribution >= 4 is 11.8 Å². The molecule has 0 aromatic carbocycles. The number of rotatable bonds is 3. The van der Waals surface area contributed by atoms with E-state index in [4.69, 9.17) is 5.11 Å². The monoisotopic (exact) mass is 214 g/mol. The lowest BCUT2D eigenvalue weighted by Crippen LogP contribution is -2.43. The molecule has 0 saturated heterocycles. The van der Waals surface area contributed by atoms with Crippen LogP contribution >= 0.6 is 0 Å². The fourth-order valence-electron chi connectivity index (χ4n) is 0.782. The number of hydrogen-bond acceptors (Lipinski definition) is 5. The van der Waals surface area contributed by atoms with Crippen molar-refractivity contribution in [2.24, 2.45) is 0 Å². The van der Waals surface area contributed by atoms with Crippen molar-refractivity contribution in [3.8, 4) is 0 Å². The van der Waals surface area contributed by atoms with Gasteiger partial charge in [0.05, 0.1) is 0 Å². The van der Waals surface area contributed by atoms with Crippen LogP contribution in [0.2, 0.25) is 0 Å². The third-order valence-corrected chi connectivity index (χ3v) is 1.68. The van der Waals surface area contributed by atoms with Crippen molar-refractivity contribution in [2.75, 3.05) is 5.32 Å². The van der Waals surface area contributed by atoms with E-state index in [-0.39, 0.29) is 5.82 Å². The topological polar surface area (TPSA) is 128 Å². The van der Waals surface area contributed by atoms with E-state index in [1.54, 1.807) is 0 Å². The number of aromatic nitrogens is 3. The van der Waals surface area contributed by atoms with Gasteiger partial charge < -0.3 is 10.4 Å². The van der Waals surface area contributed by atoms with Gasteiger partial charge in [0.1, 0.15) is 5.54 Å². The van der Waals surface area contributed by atoms with Crippen LogP contribution in [0.1, 0.15) is 13.8 Å². The normalized spacial score (nSPS) is 11.1. The van der Waals surface area contributed by atoms with Crippen molar-refractivity contribution in [1.29, 1.82) is 0 Å². The first-order valence-corrected chi connectivity index (χ1v) is 4.03. The largest absolute Gasteiger partial charge is 0.480 e. The minimum atomic E-state index is -1.35. The molecule has 0 amide bonds. The van der Waals surface area contributed by atoms with Crippen LogP contribution in [0.3, 0.4) is 0 Å². The van der Waals surface area contributed by atoms with Crippen LogP contribution in [0, 0.1) is 0 Å². The summed E-state index contributed by atoms with van der Waals surface area (Å²) in [6, 6.07) is 0. The average Bonchev–Trinajstić information content (AvgIpc) is 2.09. The molecule has 1 heterocycles. The molecule has 1 rings (SSSR count). The van der Waals surface area contributed by atoms with Gasteiger partial charge in [-0.2, -0.15) is 0 Å². The van der Waals surface area contributed by atoms with Crippen molar-refractivity contribution in [3.05, 3.63) is 20.8 Å². The number of hydrogen-bond donors (Lipinski definition) is 4. The van der Waals surface area contributed by atoms with E-state index in [2.05, 4.69) is 10.4 Å². The van der Waals surface area contributed by atoms with Gasteiger partial charge in [-0.1, -0.05) is 0 Å². The second-order valence-corrected chi connectivity index (χ2v) is 3.41. The first kappa shape index (κ1) is 11.0. The fraction of sp³-hybridized carbons (Fsp3) is 0.429. The molecule has 8 nitrogen and oxygen atoms in total. The zero-order valence-electron chi connectivity index (χ0n) is 8.12. The quantitative estimate of drug-likeness (QED) is 0.496. The number of carboxylic acid groups (broad SMARTS) is 1.